The number of rotatable bonds is 7. The number of methoxy groups -OCH3 is 1. The fourth-order valence-corrected chi connectivity index (χ4v) is 2.28. The van der Waals surface area contributed by atoms with Crippen LogP contribution in [0.3, 0.4) is 0 Å². The Kier molecular flexibility index (Phi) is 6.57. The maximum atomic E-state index is 12.0. The number of carbonyl (C=O) groups is 2. The Morgan fingerprint density at radius 3 is 2.24 bits per heavy atom. The standard InChI is InChI=1S/C20H23NO4/c1-4-14(2)15-5-9-17(10-6-15)21-19(22)13-25-18-11-7-16(8-12-18)20(23)24-3/h5-12,14H,4,13H2,1-3H3,(H,21,22). The van der Waals surface area contributed by atoms with E-state index < -0.39 is 5.97 Å². The Morgan fingerprint density at radius 1 is 1.04 bits per heavy atom. The zero-order valence-electron chi connectivity index (χ0n) is 14.7. The van der Waals surface area contributed by atoms with Gasteiger partial charge in [0.1, 0.15) is 5.75 Å². The molecule has 25 heavy (non-hydrogen) atoms. The van der Waals surface area contributed by atoms with E-state index in [1.54, 1.807) is 24.3 Å². The van der Waals surface area contributed by atoms with Crippen LogP contribution in [0.1, 0.15) is 42.1 Å². The maximum Gasteiger partial charge on any atom is 0.337 e. The fraction of sp³-hybridized carbons (Fsp3) is 0.300. The molecule has 132 valence electrons. The molecular weight excluding hydrogens is 318 g/mol. The molecule has 2 rings (SSSR count). The van der Waals surface area contributed by atoms with Gasteiger partial charge in [-0.15, -0.1) is 0 Å². The Morgan fingerprint density at radius 2 is 1.68 bits per heavy atom. The van der Waals surface area contributed by atoms with Crippen molar-refractivity contribution < 1.29 is 19.1 Å². The molecule has 5 nitrogen and oxygen atoms in total. The van der Waals surface area contributed by atoms with E-state index in [1.807, 2.05) is 24.3 Å². The van der Waals surface area contributed by atoms with Gasteiger partial charge in [-0.25, -0.2) is 4.79 Å². The topological polar surface area (TPSA) is 64.6 Å². The lowest BCUT2D eigenvalue weighted by Crippen LogP contribution is -2.20. The first-order valence-electron chi connectivity index (χ1n) is 8.24. The van der Waals surface area contributed by atoms with Gasteiger partial charge in [0.05, 0.1) is 12.7 Å². The minimum atomic E-state index is -0.412. The number of anilines is 1. The normalized spacial score (nSPS) is 11.5. The number of nitrogens with one attached hydrogen (secondary N) is 1. The van der Waals surface area contributed by atoms with Crippen molar-refractivity contribution in [3.05, 3.63) is 59.7 Å². The molecule has 0 fully saturated rings. The summed E-state index contributed by atoms with van der Waals surface area (Å²) in [5, 5.41) is 2.80. The van der Waals surface area contributed by atoms with Crippen molar-refractivity contribution in [1.29, 1.82) is 0 Å². The van der Waals surface area contributed by atoms with Gasteiger partial charge < -0.3 is 14.8 Å². The monoisotopic (exact) mass is 341 g/mol. The molecule has 0 saturated carbocycles. The number of hydrogen-bond donors (Lipinski definition) is 1. The first-order chi connectivity index (χ1) is 12.0. The van der Waals surface area contributed by atoms with Crippen LogP contribution in [0.25, 0.3) is 0 Å². The summed E-state index contributed by atoms with van der Waals surface area (Å²) >= 11 is 0. The smallest absolute Gasteiger partial charge is 0.337 e. The van der Waals surface area contributed by atoms with Crippen LogP contribution in [0.15, 0.2) is 48.5 Å². The van der Waals surface area contributed by atoms with Crippen LogP contribution in [-0.4, -0.2) is 25.6 Å². The van der Waals surface area contributed by atoms with Gasteiger partial charge >= 0.3 is 5.97 Å². The molecule has 0 saturated heterocycles. The summed E-state index contributed by atoms with van der Waals surface area (Å²) in [5.74, 6) is 0.356. The Labute approximate surface area is 148 Å². The third kappa shape index (κ3) is 5.35. The van der Waals surface area contributed by atoms with E-state index in [9.17, 15) is 9.59 Å². The van der Waals surface area contributed by atoms with E-state index in [4.69, 9.17) is 4.74 Å². The number of ether oxygens (including phenoxy) is 2. The van der Waals surface area contributed by atoms with Crippen LogP contribution in [0.4, 0.5) is 5.69 Å². The summed E-state index contributed by atoms with van der Waals surface area (Å²) in [6.07, 6.45) is 1.08. The van der Waals surface area contributed by atoms with Crippen molar-refractivity contribution >= 4 is 17.6 Å². The summed E-state index contributed by atoms with van der Waals surface area (Å²) in [7, 11) is 1.33. The lowest BCUT2D eigenvalue weighted by molar-refractivity contribution is -0.118. The zero-order chi connectivity index (χ0) is 18.2. The fourth-order valence-electron chi connectivity index (χ4n) is 2.28. The van der Waals surface area contributed by atoms with Crippen LogP contribution in [0.5, 0.6) is 5.75 Å². The van der Waals surface area contributed by atoms with Crippen molar-refractivity contribution in [3.8, 4) is 5.75 Å². The molecule has 0 bridgehead atoms. The molecule has 5 heteroatoms. The summed E-state index contributed by atoms with van der Waals surface area (Å²) in [6.45, 7) is 4.22. The molecule has 1 amide bonds. The van der Waals surface area contributed by atoms with Gasteiger partial charge in [0, 0.05) is 5.69 Å². The predicted molar refractivity (Wildman–Crippen MR) is 97.1 cm³/mol. The Balaban J connectivity index is 1.85. The highest BCUT2D eigenvalue weighted by molar-refractivity contribution is 5.92. The quantitative estimate of drug-likeness (QED) is 0.773. The average Bonchev–Trinajstić information content (AvgIpc) is 2.66. The first-order valence-corrected chi connectivity index (χ1v) is 8.24. The van der Waals surface area contributed by atoms with Gasteiger partial charge in [0.15, 0.2) is 6.61 Å². The molecule has 1 unspecified atom stereocenters. The zero-order valence-corrected chi connectivity index (χ0v) is 14.7. The second kappa shape index (κ2) is 8.87. The minimum absolute atomic E-state index is 0.106. The highest BCUT2D eigenvalue weighted by Gasteiger charge is 2.08. The Hall–Kier alpha value is -2.82. The molecule has 0 aliphatic rings. The maximum absolute atomic E-state index is 12.0. The van der Waals surface area contributed by atoms with E-state index in [1.165, 1.54) is 12.7 Å². The van der Waals surface area contributed by atoms with Crippen molar-refractivity contribution in [2.24, 2.45) is 0 Å². The number of hydrogen-bond acceptors (Lipinski definition) is 4. The molecular formula is C20H23NO4. The van der Waals surface area contributed by atoms with Crippen molar-refractivity contribution in [2.45, 2.75) is 26.2 Å². The molecule has 0 radical (unpaired) electrons. The molecule has 0 aliphatic carbocycles. The second-order valence-electron chi connectivity index (χ2n) is 5.78. The number of benzene rings is 2. The van der Waals surface area contributed by atoms with Crippen molar-refractivity contribution in [3.63, 3.8) is 0 Å². The summed E-state index contributed by atoms with van der Waals surface area (Å²) < 4.78 is 10.1. The van der Waals surface area contributed by atoms with Crippen LogP contribution in [-0.2, 0) is 9.53 Å². The third-order valence-electron chi connectivity index (χ3n) is 4.02. The molecule has 0 aromatic heterocycles. The largest absolute Gasteiger partial charge is 0.484 e. The lowest BCUT2D eigenvalue weighted by Gasteiger charge is -2.11. The summed E-state index contributed by atoms with van der Waals surface area (Å²) in [4.78, 5) is 23.3. The van der Waals surface area contributed by atoms with E-state index in [2.05, 4.69) is 23.9 Å². The molecule has 1 atom stereocenters. The van der Waals surface area contributed by atoms with Gasteiger partial charge in [-0.1, -0.05) is 26.0 Å². The van der Waals surface area contributed by atoms with E-state index in [-0.39, 0.29) is 12.5 Å². The van der Waals surface area contributed by atoms with E-state index in [0.717, 1.165) is 12.1 Å². The summed E-state index contributed by atoms with van der Waals surface area (Å²) in [5.41, 5.74) is 2.42. The predicted octanol–water partition coefficient (Wildman–Crippen LogP) is 4.00. The SMILES string of the molecule is CCC(C)c1ccc(NC(=O)COc2ccc(C(=O)OC)cc2)cc1. The van der Waals surface area contributed by atoms with Crippen molar-refractivity contribution in [2.75, 3.05) is 19.0 Å². The highest BCUT2D eigenvalue weighted by Crippen LogP contribution is 2.20. The molecule has 2 aromatic rings. The number of amides is 1. The number of carbonyl (C=O) groups excluding carboxylic acids is 2. The number of esters is 1. The average molecular weight is 341 g/mol. The second-order valence-corrected chi connectivity index (χ2v) is 5.78. The molecule has 0 aliphatic heterocycles. The minimum Gasteiger partial charge on any atom is -0.484 e. The van der Waals surface area contributed by atoms with Gasteiger partial charge in [-0.2, -0.15) is 0 Å². The van der Waals surface area contributed by atoms with E-state index >= 15 is 0 Å². The van der Waals surface area contributed by atoms with Gasteiger partial charge in [-0.05, 0) is 54.3 Å². The third-order valence-corrected chi connectivity index (χ3v) is 4.02. The van der Waals surface area contributed by atoms with Gasteiger partial charge in [0.25, 0.3) is 5.91 Å². The van der Waals surface area contributed by atoms with Crippen molar-refractivity contribution in [1.82, 2.24) is 0 Å². The molecule has 0 spiro atoms. The highest BCUT2D eigenvalue weighted by atomic mass is 16.5. The molecule has 2 aromatic carbocycles. The van der Waals surface area contributed by atoms with Crippen LogP contribution >= 0.6 is 0 Å². The summed E-state index contributed by atoms with van der Waals surface area (Å²) in [6, 6.07) is 14.3. The molecule has 0 heterocycles. The molecule has 1 N–H and O–H groups in total. The van der Waals surface area contributed by atoms with E-state index in [0.29, 0.717) is 17.2 Å². The Bertz CT molecular complexity index is 707. The van der Waals surface area contributed by atoms with Gasteiger partial charge in [0.2, 0.25) is 0 Å². The van der Waals surface area contributed by atoms with Gasteiger partial charge in [-0.3, -0.25) is 4.79 Å². The van der Waals surface area contributed by atoms with Crippen LogP contribution < -0.4 is 10.1 Å². The van der Waals surface area contributed by atoms with Crippen LogP contribution in [0.2, 0.25) is 0 Å². The van der Waals surface area contributed by atoms with Crippen LogP contribution in [0, 0.1) is 0 Å². The first kappa shape index (κ1) is 18.5. The lowest BCUT2D eigenvalue weighted by atomic mass is 9.99.